The van der Waals surface area contributed by atoms with Gasteiger partial charge in [-0.2, -0.15) is 0 Å². The number of carbonyl (C=O) groups excluding carboxylic acids is 1. The Bertz CT molecular complexity index is 606. The second-order valence-corrected chi connectivity index (χ2v) is 5.45. The zero-order valence-corrected chi connectivity index (χ0v) is 11.9. The Morgan fingerprint density at radius 1 is 1.33 bits per heavy atom. The molecule has 1 aromatic carbocycles. The monoisotopic (exact) mass is 284 g/mol. The molecule has 1 aliphatic carbocycles. The van der Waals surface area contributed by atoms with Crippen molar-refractivity contribution in [3.63, 3.8) is 0 Å². The summed E-state index contributed by atoms with van der Waals surface area (Å²) in [7, 11) is 0. The first-order valence-electron chi connectivity index (χ1n) is 7.41. The fourth-order valence-corrected chi connectivity index (χ4v) is 2.99. The number of nitrogens with one attached hydrogen (secondary N) is 1. The van der Waals surface area contributed by atoms with Crippen molar-refractivity contribution < 1.29 is 9.21 Å². The second-order valence-electron chi connectivity index (χ2n) is 5.45. The largest absolute Gasteiger partial charge is 0.469 e. The van der Waals surface area contributed by atoms with Gasteiger partial charge in [-0.25, -0.2) is 0 Å². The third kappa shape index (κ3) is 2.85. The molecule has 0 fully saturated rings. The maximum atomic E-state index is 12.6. The lowest BCUT2D eigenvalue weighted by Gasteiger charge is -2.25. The number of nitrogens with two attached hydrogens (primary N) is 1. The van der Waals surface area contributed by atoms with E-state index >= 15 is 0 Å². The van der Waals surface area contributed by atoms with E-state index in [0.717, 1.165) is 36.1 Å². The molecule has 21 heavy (non-hydrogen) atoms. The van der Waals surface area contributed by atoms with Gasteiger partial charge in [0.1, 0.15) is 5.76 Å². The molecule has 0 saturated carbocycles. The molecule has 0 radical (unpaired) electrons. The Balaban J connectivity index is 1.75. The van der Waals surface area contributed by atoms with Crippen LogP contribution < -0.4 is 11.1 Å². The van der Waals surface area contributed by atoms with Crippen LogP contribution in [0.2, 0.25) is 0 Å². The normalized spacial score (nSPS) is 18.8. The van der Waals surface area contributed by atoms with Gasteiger partial charge in [0.15, 0.2) is 0 Å². The van der Waals surface area contributed by atoms with Gasteiger partial charge in [-0.1, -0.05) is 30.3 Å². The van der Waals surface area contributed by atoms with Gasteiger partial charge in [0.05, 0.1) is 18.2 Å². The smallest absolute Gasteiger partial charge is 0.229 e. The molecule has 0 saturated heterocycles. The van der Waals surface area contributed by atoms with Crippen LogP contribution in [-0.2, 0) is 11.2 Å². The number of furan rings is 1. The molecule has 0 bridgehead atoms. The third-order valence-corrected chi connectivity index (χ3v) is 4.12. The first kappa shape index (κ1) is 13.9. The first-order chi connectivity index (χ1) is 10.3. The van der Waals surface area contributed by atoms with Crippen LogP contribution >= 0.6 is 0 Å². The molecule has 1 heterocycles. The van der Waals surface area contributed by atoms with E-state index in [1.54, 1.807) is 6.26 Å². The minimum atomic E-state index is -0.302. The van der Waals surface area contributed by atoms with Crippen molar-refractivity contribution in [2.45, 2.75) is 31.2 Å². The highest BCUT2D eigenvalue weighted by Gasteiger charge is 2.27. The Kier molecular flexibility index (Phi) is 4.06. The van der Waals surface area contributed by atoms with Crippen molar-refractivity contribution in [2.75, 3.05) is 6.54 Å². The fourth-order valence-electron chi connectivity index (χ4n) is 2.99. The van der Waals surface area contributed by atoms with Gasteiger partial charge in [0.2, 0.25) is 5.91 Å². The van der Waals surface area contributed by atoms with Crippen molar-refractivity contribution in [3.8, 4) is 0 Å². The first-order valence-corrected chi connectivity index (χ1v) is 7.41. The topological polar surface area (TPSA) is 68.3 Å². The highest BCUT2D eigenvalue weighted by Crippen LogP contribution is 2.31. The van der Waals surface area contributed by atoms with Crippen molar-refractivity contribution in [1.29, 1.82) is 0 Å². The van der Waals surface area contributed by atoms with Crippen LogP contribution in [0.3, 0.4) is 0 Å². The van der Waals surface area contributed by atoms with E-state index in [1.165, 1.54) is 0 Å². The number of hydrogen-bond donors (Lipinski definition) is 2. The van der Waals surface area contributed by atoms with E-state index in [-0.39, 0.29) is 17.9 Å². The Morgan fingerprint density at radius 2 is 2.14 bits per heavy atom. The molecular formula is C17H20N2O2. The predicted octanol–water partition coefficient (Wildman–Crippen LogP) is 2.52. The minimum Gasteiger partial charge on any atom is -0.469 e. The van der Waals surface area contributed by atoms with Gasteiger partial charge in [-0.3, -0.25) is 4.79 Å². The molecule has 1 aliphatic rings. The van der Waals surface area contributed by atoms with Gasteiger partial charge in [0.25, 0.3) is 0 Å². The highest BCUT2D eigenvalue weighted by molar-refractivity contribution is 5.84. The summed E-state index contributed by atoms with van der Waals surface area (Å²) >= 11 is 0. The van der Waals surface area contributed by atoms with Crippen molar-refractivity contribution in [3.05, 3.63) is 59.5 Å². The molecule has 3 rings (SSSR count). The van der Waals surface area contributed by atoms with Gasteiger partial charge < -0.3 is 15.5 Å². The lowest BCUT2D eigenvalue weighted by molar-refractivity contribution is -0.123. The lowest BCUT2D eigenvalue weighted by Crippen LogP contribution is -2.37. The number of aryl methyl sites for hydroxylation is 1. The van der Waals surface area contributed by atoms with Crippen LogP contribution in [0.4, 0.5) is 0 Å². The number of benzene rings is 1. The number of hydrogen-bond acceptors (Lipinski definition) is 3. The molecule has 4 heteroatoms. The zero-order valence-electron chi connectivity index (χ0n) is 11.9. The summed E-state index contributed by atoms with van der Waals surface area (Å²) in [6, 6.07) is 11.7. The van der Waals surface area contributed by atoms with E-state index in [1.807, 2.05) is 36.4 Å². The number of fused-ring (bicyclic) bond motifs is 1. The molecule has 2 atom stereocenters. The SMILES string of the molecule is NCC(C(=O)NC1CCCc2occc21)c1ccccc1. The fraction of sp³-hybridized carbons (Fsp3) is 0.353. The summed E-state index contributed by atoms with van der Waals surface area (Å²) in [5.74, 6) is 0.682. The summed E-state index contributed by atoms with van der Waals surface area (Å²) in [5.41, 5.74) is 7.87. The quantitative estimate of drug-likeness (QED) is 0.906. The molecule has 110 valence electrons. The molecule has 0 aliphatic heterocycles. The number of amides is 1. The molecule has 2 unspecified atom stereocenters. The van der Waals surface area contributed by atoms with Gasteiger partial charge in [-0.05, 0) is 24.5 Å². The zero-order chi connectivity index (χ0) is 14.7. The predicted molar refractivity (Wildman–Crippen MR) is 80.8 cm³/mol. The van der Waals surface area contributed by atoms with Crippen LogP contribution in [0.5, 0.6) is 0 Å². The summed E-state index contributed by atoms with van der Waals surface area (Å²) in [5, 5.41) is 3.13. The molecule has 0 spiro atoms. The Morgan fingerprint density at radius 3 is 2.90 bits per heavy atom. The van der Waals surface area contributed by atoms with E-state index < -0.39 is 0 Å². The van der Waals surface area contributed by atoms with Gasteiger partial charge >= 0.3 is 0 Å². The maximum Gasteiger partial charge on any atom is 0.229 e. The number of rotatable bonds is 4. The van der Waals surface area contributed by atoms with E-state index in [2.05, 4.69) is 5.32 Å². The van der Waals surface area contributed by atoms with Crippen LogP contribution in [-0.4, -0.2) is 12.5 Å². The molecule has 1 aromatic heterocycles. The molecule has 2 aromatic rings. The molecule has 3 N–H and O–H groups in total. The number of carbonyl (C=O) groups is 1. The summed E-state index contributed by atoms with van der Waals surface area (Å²) in [6.07, 6.45) is 4.63. The minimum absolute atomic E-state index is 0.0113. The van der Waals surface area contributed by atoms with E-state index in [4.69, 9.17) is 10.2 Å². The summed E-state index contributed by atoms with van der Waals surface area (Å²) in [4.78, 5) is 12.6. The Hall–Kier alpha value is -2.07. The Labute approximate surface area is 124 Å². The molecular weight excluding hydrogens is 264 g/mol. The summed E-state index contributed by atoms with van der Waals surface area (Å²) in [6.45, 7) is 0.306. The van der Waals surface area contributed by atoms with Crippen LogP contribution in [0.25, 0.3) is 0 Å². The standard InChI is InChI=1S/C17H20N2O2/c18-11-14(12-5-2-1-3-6-12)17(20)19-15-7-4-8-16-13(15)9-10-21-16/h1-3,5-6,9-10,14-15H,4,7-8,11,18H2,(H,19,20). The highest BCUT2D eigenvalue weighted by atomic mass is 16.3. The second kappa shape index (κ2) is 6.14. The van der Waals surface area contributed by atoms with E-state index in [0.29, 0.717) is 6.54 Å². The van der Waals surface area contributed by atoms with Crippen LogP contribution in [0.1, 0.15) is 41.7 Å². The van der Waals surface area contributed by atoms with Gasteiger partial charge in [-0.15, -0.1) is 0 Å². The third-order valence-electron chi connectivity index (χ3n) is 4.12. The van der Waals surface area contributed by atoms with Crippen molar-refractivity contribution >= 4 is 5.91 Å². The van der Waals surface area contributed by atoms with E-state index in [9.17, 15) is 4.79 Å². The average Bonchev–Trinajstić information content (AvgIpc) is 2.99. The molecule has 4 nitrogen and oxygen atoms in total. The van der Waals surface area contributed by atoms with Crippen molar-refractivity contribution in [1.82, 2.24) is 5.32 Å². The maximum absolute atomic E-state index is 12.6. The van der Waals surface area contributed by atoms with Gasteiger partial charge in [0, 0.05) is 18.5 Å². The summed E-state index contributed by atoms with van der Waals surface area (Å²) < 4.78 is 5.46. The van der Waals surface area contributed by atoms with Crippen LogP contribution in [0, 0.1) is 0 Å². The van der Waals surface area contributed by atoms with Crippen molar-refractivity contribution in [2.24, 2.45) is 5.73 Å². The molecule has 1 amide bonds. The lowest BCUT2D eigenvalue weighted by atomic mass is 9.92. The average molecular weight is 284 g/mol. The van der Waals surface area contributed by atoms with Crippen LogP contribution in [0.15, 0.2) is 47.1 Å².